The number of amides is 2. The molecule has 0 saturated heterocycles. The smallest absolute Gasteiger partial charge is 0.264 e. The molecule has 1 unspecified atom stereocenters. The molecule has 0 fully saturated rings. The third-order valence-electron chi connectivity index (χ3n) is 6.50. The molecule has 3 aromatic rings. The average Bonchev–Trinajstić information content (AvgIpc) is 2.98. The Morgan fingerprint density at radius 2 is 1.60 bits per heavy atom. The minimum atomic E-state index is -4.32. The van der Waals surface area contributed by atoms with Crippen LogP contribution >= 0.6 is 11.6 Å². The summed E-state index contributed by atoms with van der Waals surface area (Å²) in [6.45, 7) is 6.94. The largest absolute Gasteiger partial charge is 0.494 e. The van der Waals surface area contributed by atoms with Gasteiger partial charge in [0, 0.05) is 23.7 Å². The third kappa shape index (κ3) is 8.55. The molecule has 0 aliphatic rings. The van der Waals surface area contributed by atoms with Crippen LogP contribution in [0.3, 0.4) is 0 Å². The van der Waals surface area contributed by atoms with Crippen LogP contribution in [-0.4, -0.2) is 64.6 Å². The summed E-state index contributed by atoms with van der Waals surface area (Å²) >= 11 is 6.19. The van der Waals surface area contributed by atoms with Gasteiger partial charge in [0.2, 0.25) is 11.8 Å². The first-order valence-electron chi connectivity index (χ1n) is 13.7. The van der Waals surface area contributed by atoms with Gasteiger partial charge >= 0.3 is 0 Å². The number of sulfonamides is 1. The number of methoxy groups -OCH3 is 2. The van der Waals surface area contributed by atoms with Gasteiger partial charge in [-0.25, -0.2) is 8.42 Å². The number of benzene rings is 3. The van der Waals surface area contributed by atoms with E-state index in [1.54, 1.807) is 55.5 Å². The Bertz CT molecular complexity index is 1510. The molecule has 0 radical (unpaired) electrons. The molecule has 43 heavy (non-hydrogen) atoms. The molecule has 3 rings (SSSR count). The van der Waals surface area contributed by atoms with Crippen molar-refractivity contribution < 1.29 is 32.2 Å². The Labute approximate surface area is 258 Å². The first kappa shape index (κ1) is 33.5. The lowest BCUT2D eigenvalue weighted by molar-refractivity contribution is -0.139. The van der Waals surface area contributed by atoms with Gasteiger partial charge in [-0.3, -0.25) is 13.9 Å². The number of hydrogen-bond donors (Lipinski definition) is 1. The molecule has 232 valence electrons. The summed E-state index contributed by atoms with van der Waals surface area (Å²) in [5.74, 6) is 0.138. The second kappa shape index (κ2) is 15.0. The molecular formula is C31H38ClN3O7S. The molecule has 0 aliphatic heterocycles. The Morgan fingerprint density at radius 3 is 2.19 bits per heavy atom. The Balaban J connectivity index is 2.08. The van der Waals surface area contributed by atoms with E-state index >= 15 is 0 Å². The molecule has 2 amide bonds. The molecule has 0 bridgehead atoms. The molecular weight excluding hydrogens is 594 g/mol. The van der Waals surface area contributed by atoms with Crippen molar-refractivity contribution in [3.8, 4) is 17.2 Å². The molecule has 1 atom stereocenters. The molecule has 0 spiro atoms. The quantitative estimate of drug-likeness (QED) is 0.269. The van der Waals surface area contributed by atoms with Crippen LogP contribution in [0.15, 0.2) is 71.6 Å². The topological polar surface area (TPSA) is 114 Å². The SMILES string of the molecule is CCOc1ccc(N(CC(=O)N(Cc2cccc(Cl)c2)C(C)C(=O)NC(C)C)S(=O)(=O)c2ccc(OC)c(OC)c2)cc1. The number of nitrogens with one attached hydrogen (secondary N) is 1. The number of ether oxygens (including phenoxy) is 3. The van der Waals surface area contributed by atoms with Gasteiger partial charge in [-0.1, -0.05) is 23.7 Å². The summed E-state index contributed by atoms with van der Waals surface area (Å²) in [5, 5.41) is 3.30. The number of halogens is 1. The number of carbonyl (C=O) groups excluding carboxylic acids is 2. The zero-order valence-corrected chi connectivity index (χ0v) is 26.7. The van der Waals surface area contributed by atoms with Gasteiger partial charge < -0.3 is 24.4 Å². The van der Waals surface area contributed by atoms with E-state index in [9.17, 15) is 18.0 Å². The fourth-order valence-electron chi connectivity index (χ4n) is 4.33. The van der Waals surface area contributed by atoms with Gasteiger partial charge in [0.1, 0.15) is 18.3 Å². The number of anilines is 1. The van der Waals surface area contributed by atoms with Crippen molar-refractivity contribution in [2.75, 3.05) is 31.7 Å². The predicted octanol–water partition coefficient (Wildman–Crippen LogP) is 4.89. The molecule has 0 saturated carbocycles. The van der Waals surface area contributed by atoms with E-state index in [-0.39, 0.29) is 34.8 Å². The zero-order valence-electron chi connectivity index (χ0n) is 25.2. The van der Waals surface area contributed by atoms with Crippen LogP contribution in [0.2, 0.25) is 5.02 Å². The second-order valence-electron chi connectivity index (χ2n) is 9.95. The summed E-state index contributed by atoms with van der Waals surface area (Å²) < 4.78 is 45.4. The lowest BCUT2D eigenvalue weighted by atomic mass is 10.1. The van der Waals surface area contributed by atoms with E-state index in [4.69, 9.17) is 25.8 Å². The highest BCUT2D eigenvalue weighted by atomic mass is 35.5. The molecule has 1 N–H and O–H groups in total. The van der Waals surface area contributed by atoms with Gasteiger partial charge in [-0.15, -0.1) is 0 Å². The van der Waals surface area contributed by atoms with Gasteiger partial charge in [0.25, 0.3) is 10.0 Å². The Morgan fingerprint density at radius 1 is 0.930 bits per heavy atom. The maximum absolute atomic E-state index is 14.2. The predicted molar refractivity (Wildman–Crippen MR) is 166 cm³/mol. The maximum atomic E-state index is 14.2. The van der Waals surface area contributed by atoms with E-state index in [1.807, 2.05) is 20.8 Å². The third-order valence-corrected chi connectivity index (χ3v) is 8.50. The first-order valence-corrected chi connectivity index (χ1v) is 15.5. The Kier molecular flexibility index (Phi) is 11.7. The van der Waals surface area contributed by atoms with Crippen LogP contribution in [0.4, 0.5) is 5.69 Å². The highest BCUT2D eigenvalue weighted by Crippen LogP contribution is 2.33. The van der Waals surface area contributed by atoms with E-state index in [0.717, 1.165) is 4.31 Å². The number of carbonyl (C=O) groups is 2. The van der Waals surface area contributed by atoms with Crippen molar-refractivity contribution in [3.05, 3.63) is 77.3 Å². The van der Waals surface area contributed by atoms with Crippen LogP contribution in [0, 0.1) is 0 Å². The number of rotatable bonds is 14. The molecule has 12 heteroatoms. The highest BCUT2D eigenvalue weighted by molar-refractivity contribution is 7.92. The van der Waals surface area contributed by atoms with Crippen LogP contribution in [0.5, 0.6) is 17.2 Å². The summed E-state index contributed by atoms with van der Waals surface area (Å²) in [7, 11) is -1.47. The fourth-order valence-corrected chi connectivity index (χ4v) is 5.97. The van der Waals surface area contributed by atoms with Crippen molar-refractivity contribution in [1.29, 1.82) is 0 Å². The lowest BCUT2D eigenvalue weighted by Crippen LogP contribution is -2.52. The summed E-state index contributed by atoms with van der Waals surface area (Å²) in [6, 6.07) is 16.4. The number of nitrogens with zero attached hydrogens (tertiary/aromatic N) is 2. The first-order chi connectivity index (χ1) is 20.4. The van der Waals surface area contributed by atoms with Crippen molar-refractivity contribution in [1.82, 2.24) is 10.2 Å². The summed E-state index contributed by atoms with van der Waals surface area (Å²) in [5.41, 5.74) is 0.911. The van der Waals surface area contributed by atoms with Gasteiger partial charge in [-0.2, -0.15) is 0 Å². The van der Waals surface area contributed by atoms with Crippen molar-refractivity contribution in [2.45, 2.75) is 51.2 Å². The second-order valence-corrected chi connectivity index (χ2v) is 12.2. The van der Waals surface area contributed by atoms with Crippen molar-refractivity contribution >= 4 is 39.1 Å². The standard InChI is InChI=1S/C31H38ClN3O7S/c1-7-42-26-13-11-25(12-14-26)35(43(38,39)27-15-16-28(40-5)29(18-27)41-6)20-30(36)34(22(4)31(37)33-21(2)3)19-23-9-8-10-24(32)17-23/h8-18,21-22H,7,19-20H2,1-6H3,(H,33,37). The maximum Gasteiger partial charge on any atom is 0.264 e. The van der Waals surface area contributed by atoms with Gasteiger partial charge in [0.15, 0.2) is 11.5 Å². The van der Waals surface area contributed by atoms with Crippen molar-refractivity contribution in [3.63, 3.8) is 0 Å². The van der Waals surface area contributed by atoms with Crippen LogP contribution in [-0.2, 0) is 26.2 Å². The molecule has 0 heterocycles. The summed E-state index contributed by atoms with van der Waals surface area (Å²) in [6.07, 6.45) is 0. The van der Waals surface area contributed by atoms with E-state index in [2.05, 4.69) is 5.32 Å². The van der Waals surface area contributed by atoms with Crippen LogP contribution in [0.25, 0.3) is 0 Å². The van der Waals surface area contributed by atoms with E-state index < -0.39 is 28.5 Å². The minimum absolute atomic E-state index is 0.0274. The fraction of sp³-hybridized carbons (Fsp3) is 0.355. The van der Waals surface area contributed by atoms with Crippen LogP contribution in [0.1, 0.15) is 33.3 Å². The molecule has 0 aromatic heterocycles. The average molecular weight is 632 g/mol. The van der Waals surface area contributed by atoms with Crippen LogP contribution < -0.4 is 23.8 Å². The highest BCUT2D eigenvalue weighted by Gasteiger charge is 2.33. The summed E-state index contributed by atoms with van der Waals surface area (Å²) in [4.78, 5) is 28.3. The minimum Gasteiger partial charge on any atom is -0.494 e. The molecule has 0 aliphatic carbocycles. The molecule has 10 nitrogen and oxygen atoms in total. The Hall–Kier alpha value is -3.96. The zero-order chi connectivity index (χ0) is 31.7. The molecule has 3 aromatic carbocycles. The normalized spacial score (nSPS) is 11.9. The van der Waals surface area contributed by atoms with Crippen molar-refractivity contribution in [2.24, 2.45) is 0 Å². The number of hydrogen-bond acceptors (Lipinski definition) is 7. The van der Waals surface area contributed by atoms with E-state index in [1.165, 1.54) is 37.3 Å². The van der Waals surface area contributed by atoms with Gasteiger partial charge in [0.05, 0.1) is 31.4 Å². The lowest BCUT2D eigenvalue weighted by Gasteiger charge is -2.32. The van der Waals surface area contributed by atoms with E-state index in [0.29, 0.717) is 28.7 Å². The monoisotopic (exact) mass is 631 g/mol. The van der Waals surface area contributed by atoms with Gasteiger partial charge in [-0.05, 0) is 81.8 Å².